The van der Waals surface area contributed by atoms with Crippen molar-refractivity contribution in [2.24, 2.45) is 5.92 Å². The van der Waals surface area contributed by atoms with Gasteiger partial charge in [0.05, 0.1) is 26.4 Å². The van der Waals surface area contributed by atoms with Gasteiger partial charge < -0.3 is 24.0 Å². The number of hydrogen-bond acceptors (Lipinski definition) is 5. The van der Waals surface area contributed by atoms with Gasteiger partial charge in [-0.2, -0.15) is 0 Å². The van der Waals surface area contributed by atoms with Crippen molar-refractivity contribution in [2.45, 2.75) is 25.8 Å². The Morgan fingerprint density at radius 3 is 2.96 bits per heavy atom. The summed E-state index contributed by atoms with van der Waals surface area (Å²) in [6.45, 7) is 7.82. The van der Waals surface area contributed by atoms with Crippen LogP contribution in [0.4, 0.5) is 4.79 Å². The van der Waals surface area contributed by atoms with Crippen molar-refractivity contribution in [1.29, 1.82) is 0 Å². The molecule has 2 heterocycles. The van der Waals surface area contributed by atoms with Crippen LogP contribution in [0.2, 0.25) is 0 Å². The molecule has 0 bridgehead atoms. The number of ether oxygens (including phenoxy) is 3. The number of fused-ring (bicyclic) bond motifs is 3. The average Bonchev–Trinajstić information content (AvgIpc) is 2.70. The SMILES string of the molecule is C=CCCOC(=O)N1CCC(=O)N(CC)C[C@H]2COc3cc(OC)ccc3[C@H]21. The average molecular weight is 388 g/mol. The first-order valence-corrected chi connectivity index (χ1v) is 9.71. The zero-order valence-electron chi connectivity index (χ0n) is 16.6. The van der Waals surface area contributed by atoms with E-state index in [1.807, 2.05) is 30.0 Å². The maximum Gasteiger partial charge on any atom is 0.410 e. The van der Waals surface area contributed by atoms with E-state index in [1.165, 1.54) is 0 Å². The highest BCUT2D eigenvalue weighted by Gasteiger charge is 2.41. The lowest BCUT2D eigenvalue weighted by Crippen LogP contribution is -2.51. The number of amides is 2. The van der Waals surface area contributed by atoms with E-state index in [2.05, 4.69) is 6.58 Å². The normalized spacial score (nSPS) is 21.6. The highest BCUT2D eigenvalue weighted by atomic mass is 16.6. The molecule has 2 atom stereocenters. The number of nitrogens with zero attached hydrogens (tertiary/aromatic N) is 2. The van der Waals surface area contributed by atoms with Crippen LogP contribution in [0.5, 0.6) is 11.5 Å². The quantitative estimate of drug-likeness (QED) is 0.573. The van der Waals surface area contributed by atoms with Crippen LogP contribution < -0.4 is 9.47 Å². The summed E-state index contributed by atoms with van der Waals surface area (Å²) in [6, 6.07) is 5.43. The molecule has 7 nitrogen and oxygen atoms in total. The number of rotatable bonds is 5. The Morgan fingerprint density at radius 1 is 1.43 bits per heavy atom. The van der Waals surface area contributed by atoms with Crippen LogP contribution in [0.3, 0.4) is 0 Å². The fourth-order valence-corrected chi connectivity index (χ4v) is 3.85. The van der Waals surface area contributed by atoms with Crippen LogP contribution in [0, 0.1) is 5.92 Å². The molecule has 2 aliphatic rings. The summed E-state index contributed by atoms with van der Waals surface area (Å²) < 4.78 is 16.7. The summed E-state index contributed by atoms with van der Waals surface area (Å²) in [7, 11) is 1.61. The van der Waals surface area contributed by atoms with Crippen molar-refractivity contribution >= 4 is 12.0 Å². The number of benzene rings is 1. The van der Waals surface area contributed by atoms with E-state index in [-0.39, 0.29) is 30.9 Å². The fourth-order valence-electron chi connectivity index (χ4n) is 3.85. The van der Waals surface area contributed by atoms with Crippen LogP contribution in [-0.2, 0) is 9.53 Å². The summed E-state index contributed by atoms with van der Waals surface area (Å²) >= 11 is 0. The topological polar surface area (TPSA) is 68.3 Å². The smallest absolute Gasteiger partial charge is 0.410 e. The number of carbonyl (C=O) groups is 2. The molecule has 1 aromatic carbocycles. The molecule has 28 heavy (non-hydrogen) atoms. The zero-order valence-corrected chi connectivity index (χ0v) is 16.6. The monoisotopic (exact) mass is 388 g/mol. The molecule has 152 valence electrons. The zero-order chi connectivity index (χ0) is 20.1. The minimum absolute atomic E-state index is 0.0305. The summed E-state index contributed by atoms with van der Waals surface area (Å²) in [6.07, 6.45) is 2.17. The molecule has 0 aliphatic carbocycles. The van der Waals surface area contributed by atoms with E-state index in [0.717, 1.165) is 5.56 Å². The van der Waals surface area contributed by atoms with Gasteiger partial charge in [-0.15, -0.1) is 6.58 Å². The molecule has 0 unspecified atom stereocenters. The molecule has 2 amide bonds. The molecular formula is C21H28N2O5. The van der Waals surface area contributed by atoms with Crippen LogP contribution in [-0.4, -0.2) is 61.8 Å². The van der Waals surface area contributed by atoms with E-state index in [1.54, 1.807) is 18.1 Å². The molecule has 1 saturated heterocycles. The highest BCUT2D eigenvalue weighted by Crippen LogP contribution is 2.42. The predicted molar refractivity (Wildman–Crippen MR) is 104 cm³/mol. The molecule has 0 aromatic heterocycles. The minimum Gasteiger partial charge on any atom is -0.497 e. The van der Waals surface area contributed by atoms with Gasteiger partial charge in [-0.1, -0.05) is 6.08 Å². The van der Waals surface area contributed by atoms with Gasteiger partial charge in [-0.05, 0) is 25.5 Å². The van der Waals surface area contributed by atoms with Gasteiger partial charge in [0, 0.05) is 43.6 Å². The van der Waals surface area contributed by atoms with E-state index in [0.29, 0.717) is 44.2 Å². The molecular weight excluding hydrogens is 360 g/mol. The van der Waals surface area contributed by atoms with Gasteiger partial charge in [-0.25, -0.2) is 4.79 Å². The molecule has 2 aliphatic heterocycles. The maximum absolute atomic E-state index is 12.9. The largest absolute Gasteiger partial charge is 0.497 e. The van der Waals surface area contributed by atoms with Crippen LogP contribution in [0.1, 0.15) is 31.4 Å². The van der Waals surface area contributed by atoms with Crippen molar-refractivity contribution in [1.82, 2.24) is 9.80 Å². The van der Waals surface area contributed by atoms with Crippen LogP contribution >= 0.6 is 0 Å². The second kappa shape index (κ2) is 8.99. The molecule has 0 radical (unpaired) electrons. The summed E-state index contributed by atoms with van der Waals surface area (Å²) in [5, 5.41) is 0. The molecule has 0 N–H and O–H groups in total. The van der Waals surface area contributed by atoms with Crippen LogP contribution in [0.25, 0.3) is 0 Å². The van der Waals surface area contributed by atoms with E-state index >= 15 is 0 Å². The lowest BCUT2D eigenvalue weighted by atomic mass is 9.87. The van der Waals surface area contributed by atoms with Crippen molar-refractivity contribution in [2.75, 3.05) is 40.0 Å². The van der Waals surface area contributed by atoms with Gasteiger partial charge in [0.15, 0.2) is 0 Å². The number of hydrogen-bond donors (Lipinski definition) is 0. The standard InChI is InChI=1S/C21H28N2O5/c1-4-6-11-27-21(25)23-10-9-19(24)22(5-2)13-15-14-28-18-12-16(26-3)7-8-17(18)20(15)23/h4,7-8,12,15,20H,1,5-6,9-11,13-14H2,2-3H3/t15-,20-/m0/s1. The predicted octanol–water partition coefficient (Wildman–Crippen LogP) is 3.01. The Bertz CT molecular complexity index is 736. The molecule has 0 saturated carbocycles. The third kappa shape index (κ3) is 4.08. The maximum atomic E-state index is 12.9. The minimum atomic E-state index is -0.404. The summed E-state index contributed by atoms with van der Waals surface area (Å²) in [5.74, 6) is 1.43. The van der Waals surface area contributed by atoms with Gasteiger partial charge in [0.2, 0.25) is 5.91 Å². The lowest BCUT2D eigenvalue weighted by Gasteiger charge is -2.43. The molecule has 1 fully saturated rings. The molecule has 3 rings (SSSR count). The van der Waals surface area contributed by atoms with E-state index in [9.17, 15) is 9.59 Å². The molecule has 0 spiro atoms. The lowest BCUT2D eigenvalue weighted by molar-refractivity contribution is -0.134. The van der Waals surface area contributed by atoms with Gasteiger partial charge in [0.25, 0.3) is 0 Å². The van der Waals surface area contributed by atoms with E-state index in [4.69, 9.17) is 14.2 Å². The fraction of sp³-hybridized carbons (Fsp3) is 0.524. The van der Waals surface area contributed by atoms with Crippen molar-refractivity contribution < 1.29 is 23.8 Å². The first-order chi connectivity index (χ1) is 13.6. The second-order valence-electron chi connectivity index (χ2n) is 6.99. The number of carbonyl (C=O) groups excluding carboxylic acids is 2. The molecule has 7 heteroatoms. The second-order valence-corrected chi connectivity index (χ2v) is 6.99. The van der Waals surface area contributed by atoms with Gasteiger partial charge in [0.1, 0.15) is 11.5 Å². The van der Waals surface area contributed by atoms with Gasteiger partial charge >= 0.3 is 6.09 Å². The first-order valence-electron chi connectivity index (χ1n) is 9.71. The Morgan fingerprint density at radius 2 is 2.25 bits per heavy atom. The third-order valence-electron chi connectivity index (χ3n) is 5.31. The first kappa shape index (κ1) is 20.0. The summed E-state index contributed by atoms with van der Waals surface area (Å²) in [4.78, 5) is 28.9. The van der Waals surface area contributed by atoms with Gasteiger partial charge in [-0.3, -0.25) is 4.79 Å². The summed E-state index contributed by atoms with van der Waals surface area (Å²) in [5.41, 5.74) is 0.920. The molecule has 1 aromatic rings. The van der Waals surface area contributed by atoms with E-state index < -0.39 is 6.09 Å². The Balaban J connectivity index is 1.95. The number of methoxy groups -OCH3 is 1. The van der Waals surface area contributed by atoms with Crippen molar-refractivity contribution in [3.63, 3.8) is 0 Å². The Hall–Kier alpha value is -2.70. The van der Waals surface area contributed by atoms with Crippen molar-refractivity contribution in [3.8, 4) is 11.5 Å². The van der Waals surface area contributed by atoms with Crippen LogP contribution in [0.15, 0.2) is 30.9 Å². The highest BCUT2D eigenvalue weighted by molar-refractivity contribution is 5.78. The third-order valence-corrected chi connectivity index (χ3v) is 5.31. The Labute approximate surface area is 165 Å². The van der Waals surface area contributed by atoms with Crippen molar-refractivity contribution in [3.05, 3.63) is 36.4 Å². The Kier molecular flexibility index (Phi) is 6.44.